The zero-order valence-corrected chi connectivity index (χ0v) is 14.1. The normalized spacial score (nSPS) is 13.0. The van der Waals surface area contributed by atoms with Crippen molar-refractivity contribution in [3.8, 4) is 17.6 Å². The van der Waals surface area contributed by atoms with Gasteiger partial charge in [0.1, 0.15) is 11.8 Å². The summed E-state index contributed by atoms with van der Waals surface area (Å²) in [7, 11) is 0. The number of rotatable bonds is 2. The summed E-state index contributed by atoms with van der Waals surface area (Å²) < 4.78 is 28.4. The molecule has 0 unspecified atom stereocenters. The molecule has 3 aromatic rings. The Hall–Kier alpha value is -3.17. The molecule has 26 heavy (non-hydrogen) atoms. The van der Waals surface area contributed by atoms with E-state index in [0.29, 0.717) is 34.3 Å². The summed E-state index contributed by atoms with van der Waals surface area (Å²) in [6.07, 6.45) is 0.326. The van der Waals surface area contributed by atoms with Gasteiger partial charge in [-0.3, -0.25) is 0 Å². The maximum atomic E-state index is 14.5. The van der Waals surface area contributed by atoms with Gasteiger partial charge in [-0.2, -0.15) is 21.0 Å². The van der Waals surface area contributed by atoms with Gasteiger partial charge in [0, 0.05) is 16.5 Å². The van der Waals surface area contributed by atoms with Crippen LogP contribution in [-0.2, 0) is 6.42 Å². The first-order chi connectivity index (χ1) is 12.5. The van der Waals surface area contributed by atoms with Crippen LogP contribution in [0.15, 0.2) is 41.1 Å². The fraction of sp³-hybridized carbons (Fsp3) is 0.0500. The summed E-state index contributed by atoms with van der Waals surface area (Å²) in [5.74, 6) is -3.15. The van der Waals surface area contributed by atoms with Crippen LogP contribution in [0.4, 0.5) is 8.78 Å². The first-order valence-electron chi connectivity index (χ1n) is 7.70. The van der Waals surface area contributed by atoms with Crippen LogP contribution in [0.25, 0.3) is 11.1 Å². The lowest BCUT2D eigenvalue weighted by Crippen LogP contribution is -1.96. The van der Waals surface area contributed by atoms with E-state index < -0.39 is 17.4 Å². The lowest BCUT2D eigenvalue weighted by Gasteiger charge is -2.11. The Bertz CT molecular complexity index is 1130. The maximum Gasteiger partial charge on any atom is 0.200 e. The van der Waals surface area contributed by atoms with E-state index in [2.05, 4.69) is 6.07 Å². The molecule has 6 heteroatoms. The number of hydrogen-bond acceptors (Lipinski definition) is 4. The van der Waals surface area contributed by atoms with Gasteiger partial charge in [0.25, 0.3) is 0 Å². The van der Waals surface area contributed by atoms with Gasteiger partial charge >= 0.3 is 0 Å². The van der Waals surface area contributed by atoms with E-state index in [9.17, 15) is 24.3 Å². The highest BCUT2D eigenvalue weighted by atomic mass is 32.1. The number of phenols is 2. The van der Waals surface area contributed by atoms with Crippen LogP contribution < -0.4 is 0 Å². The Morgan fingerprint density at radius 2 is 1.77 bits per heavy atom. The SMILES string of the molecule is N#Cc1cscc1C1=C(c2ccc(O)c(F)c2F)Cc2ccc(O)cc21. The molecule has 1 aliphatic carbocycles. The highest BCUT2D eigenvalue weighted by molar-refractivity contribution is 7.08. The predicted molar refractivity (Wildman–Crippen MR) is 94.8 cm³/mol. The monoisotopic (exact) mass is 367 g/mol. The molecule has 3 nitrogen and oxygen atoms in total. The molecule has 2 aromatic carbocycles. The minimum absolute atomic E-state index is 0.0288. The Kier molecular flexibility index (Phi) is 3.74. The number of nitriles is 1. The second kappa shape index (κ2) is 5.97. The van der Waals surface area contributed by atoms with E-state index >= 15 is 0 Å². The van der Waals surface area contributed by atoms with Gasteiger partial charge < -0.3 is 10.2 Å². The van der Waals surface area contributed by atoms with Crippen molar-refractivity contribution in [1.82, 2.24) is 0 Å². The number of aromatic hydroxyl groups is 2. The van der Waals surface area contributed by atoms with Gasteiger partial charge in [-0.1, -0.05) is 6.07 Å². The molecule has 0 saturated heterocycles. The number of thiophene rings is 1. The smallest absolute Gasteiger partial charge is 0.200 e. The number of fused-ring (bicyclic) bond motifs is 1. The largest absolute Gasteiger partial charge is 0.508 e. The van der Waals surface area contributed by atoms with E-state index in [1.807, 2.05) is 0 Å². The van der Waals surface area contributed by atoms with E-state index in [0.717, 1.165) is 11.6 Å². The molecule has 4 rings (SSSR count). The number of allylic oxidation sites excluding steroid dienone is 1. The maximum absolute atomic E-state index is 14.5. The number of benzene rings is 2. The first-order valence-corrected chi connectivity index (χ1v) is 8.65. The summed E-state index contributed by atoms with van der Waals surface area (Å²) in [6.45, 7) is 0. The first kappa shape index (κ1) is 16.3. The van der Waals surface area contributed by atoms with Crippen LogP contribution >= 0.6 is 11.3 Å². The van der Waals surface area contributed by atoms with Gasteiger partial charge in [-0.25, -0.2) is 4.39 Å². The summed E-state index contributed by atoms with van der Waals surface area (Å²) in [4.78, 5) is 0. The average molecular weight is 367 g/mol. The van der Waals surface area contributed by atoms with Crippen LogP contribution in [0.2, 0.25) is 0 Å². The van der Waals surface area contributed by atoms with E-state index in [-0.39, 0.29) is 11.3 Å². The van der Waals surface area contributed by atoms with Crippen molar-refractivity contribution in [1.29, 1.82) is 5.26 Å². The van der Waals surface area contributed by atoms with E-state index in [4.69, 9.17) is 0 Å². The molecular weight excluding hydrogens is 356 g/mol. The van der Waals surface area contributed by atoms with Gasteiger partial charge in [0.15, 0.2) is 11.6 Å². The third kappa shape index (κ3) is 2.37. The van der Waals surface area contributed by atoms with Gasteiger partial charge in [-0.05, 0) is 58.3 Å². The van der Waals surface area contributed by atoms with Crippen LogP contribution in [0, 0.1) is 23.0 Å². The van der Waals surface area contributed by atoms with E-state index in [1.165, 1.54) is 23.5 Å². The molecule has 0 aliphatic heterocycles. The second-order valence-electron chi connectivity index (χ2n) is 5.94. The molecule has 0 amide bonds. The van der Waals surface area contributed by atoms with Crippen molar-refractivity contribution < 1.29 is 19.0 Å². The Morgan fingerprint density at radius 3 is 2.54 bits per heavy atom. The van der Waals surface area contributed by atoms with Crippen molar-refractivity contribution >= 4 is 22.5 Å². The predicted octanol–water partition coefficient (Wildman–Crippen LogP) is 4.82. The molecule has 0 bridgehead atoms. The lowest BCUT2D eigenvalue weighted by molar-refractivity contribution is 0.406. The van der Waals surface area contributed by atoms with Crippen LogP contribution in [0.5, 0.6) is 11.5 Å². The zero-order chi connectivity index (χ0) is 18.4. The minimum Gasteiger partial charge on any atom is -0.508 e. The molecule has 0 saturated carbocycles. The highest BCUT2D eigenvalue weighted by Gasteiger charge is 2.29. The van der Waals surface area contributed by atoms with Gasteiger partial charge in [-0.15, -0.1) is 0 Å². The molecule has 0 atom stereocenters. The zero-order valence-electron chi connectivity index (χ0n) is 13.3. The number of phenolic OH excluding ortho intramolecular Hbond substituents is 2. The second-order valence-corrected chi connectivity index (χ2v) is 6.69. The van der Waals surface area contributed by atoms with Crippen LogP contribution in [-0.4, -0.2) is 10.2 Å². The molecule has 1 heterocycles. The summed E-state index contributed by atoms with van der Waals surface area (Å²) in [5, 5.41) is 32.1. The molecule has 0 spiro atoms. The molecular formula is C20H11F2NO2S. The Morgan fingerprint density at radius 1 is 0.962 bits per heavy atom. The molecule has 0 radical (unpaired) electrons. The van der Waals surface area contributed by atoms with Crippen LogP contribution in [0.1, 0.15) is 27.8 Å². The number of halogens is 2. The summed E-state index contributed by atoms with van der Waals surface area (Å²) >= 11 is 1.34. The van der Waals surface area contributed by atoms with Crippen LogP contribution in [0.3, 0.4) is 0 Å². The Balaban J connectivity index is 2.05. The minimum atomic E-state index is -1.31. The Labute approximate surface area is 151 Å². The standard InChI is InChI=1S/C20H11F2NO2S/c21-19-13(3-4-17(25)20(19)22)15-5-10-1-2-12(24)6-14(10)18(15)16-9-26-8-11(16)7-23/h1-4,6,8-9,24-25H,5H2. The average Bonchev–Trinajstić information content (AvgIpc) is 3.23. The quantitative estimate of drug-likeness (QED) is 0.682. The topological polar surface area (TPSA) is 64.2 Å². The van der Waals surface area contributed by atoms with Crippen molar-refractivity contribution in [2.24, 2.45) is 0 Å². The highest BCUT2D eigenvalue weighted by Crippen LogP contribution is 2.46. The molecule has 1 aliphatic rings. The van der Waals surface area contributed by atoms with Crippen molar-refractivity contribution in [3.05, 3.63) is 80.5 Å². The molecule has 2 N–H and O–H groups in total. The molecule has 1 aromatic heterocycles. The third-order valence-electron chi connectivity index (χ3n) is 4.47. The van der Waals surface area contributed by atoms with Crippen molar-refractivity contribution in [2.75, 3.05) is 0 Å². The fourth-order valence-corrected chi connectivity index (χ4v) is 4.04. The summed E-state index contributed by atoms with van der Waals surface area (Å²) in [5.41, 5.74) is 3.71. The van der Waals surface area contributed by atoms with Gasteiger partial charge in [0.05, 0.1) is 5.56 Å². The third-order valence-corrected chi connectivity index (χ3v) is 5.21. The molecule has 0 fully saturated rings. The summed E-state index contributed by atoms with van der Waals surface area (Å²) in [6, 6.07) is 9.37. The van der Waals surface area contributed by atoms with E-state index in [1.54, 1.807) is 22.9 Å². The number of nitrogens with zero attached hydrogens (tertiary/aromatic N) is 1. The molecule has 128 valence electrons. The fourth-order valence-electron chi connectivity index (χ4n) is 3.28. The number of hydrogen-bond donors (Lipinski definition) is 2. The van der Waals surface area contributed by atoms with Crippen molar-refractivity contribution in [2.45, 2.75) is 6.42 Å². The van der Waals surface area contributed by atoms with Gasteiger partial charge in [0.2, 0.25) is 5.82 Å². The van der Waals surface area contributed by atoms with Crippen molar-refractivity contribution in [3.63, 3.8) is 0 Å². The lowest BCUT2D eigenvalue weighted by atomic mass is 9.93.